The molecule has 3 heteroatoms. The number of amides is 1. The lowest BCUT2D eigenvalue weighted by molar-refractivity contribution is -0.130. The van der Waals surface area contributed by atoms with Crippen LogP contribution in [0.15, 0.2) is 30.3 Å². The van der Waals surface area contributed by atoms with E-state index < -0.39 is 0 Å². The Balaban J connectivity index is 2.42. The normalized spacial score (nSPS) is 14.2. The molecule has 0 aliphatic rings. The van der Waals surface area contributed by atoms with Crippen molar-refractivity contribution in [2.75, 3.05) is 13.7 Å². The molecular weight excluding hydrogens is 202 g/mol. The summed E-state index contributed by atoms with van der Waals surface area (Å²) in [5.74, 6) is 0.250. The first-order valence-electron chi connectivity index (χ1n) is 5.50. The zero-order valence-electron chi connectivity index (χ0n) is 10.1. The quantitative estimate of drug-likeness (QED) is 0.825. The van der Waals surface area contributed by atoms with Crippen LogP contribution in [0.3, 0.4) is 0 Å². The lowest BCUT2D eigenvalue weighted by Gasteiger charge is -2.15. The van der Waals surface area contributed by atoms with E-state index in [0.717, 1.165) is 0 Å². The molecule has 2 atom stereocenters. The van der Waals surface area contributed by atoms with Crippen molar-refractivity contribution in [1.29, 1.82) is 0 Å². The average molecular weight is 221 g/mol. The van der Waals surface area contributed by atoms with Crippen molar-refractivity contribution >= 4 is 5.91 Å². The largest absolute Gasteiger partial charge is 0.372 e. The van der Waals surface area contributed by atoms with Gasteiger partial charge in [0.1, 0.15) is 6.10 Å². The standard InChI is InChI=1S/C13H19NO2/c1-10(12-7-5-4-6-8-12)9-14-13(15)11(2)16-3/h4-8,10-11H,9H2,1-3H3,(H,14,15)/t10-,11-/m0/s1. The first-order valence-corrected chi connectivity index (χ1v) is 5.50. The van der Waals surface area contributed by atoms with Gasteiger partial charge in [-0.2, -0.15) is 0 Å². The molecular formula is C13H19NO2. The van der Waals surface area contributed by atoms with Crippen molar-refractivity contribution in [2.24, 2.45) is 0 Å². The van der Waals surface area contributed by atoms with E-state index >= 15 is 0 Å². The highest BCUT2D eigenvalue weighted by molar-refractivity contribution is 5.80. The SMILES string of the molecule is CO[C@@H](C)C(=O)NC[C@H](C)c1ccccc1. The molecule has 0 spiro atoms. The van der Waals surface area contributed by atoms with Crippen LogP contribution in [0, 0.1) is 0 Å². The minimum atomic E-state index is -0.386. The van der Waals surface area contributed by atoms with Gasteiger partial charge in [0.2, 0.25) is 5.91 Å². The number of hydrogen-bond donors (Lipinski definition) is 1. The Hall–Kier alpha value is -1.35. The number of nitrogens with one attached hydrogen (secondary N) is 1. The van der Waals surface area contributed by atoms with Crippen molar-refractivity contribution in [2.45, 2.75) is 25.9 Å². The van der Waals surface area contributed by atoms with Gasteiger partial charge in [0.05, 0.1) is 0 Å². The van der Waals surface area contributed by atoms with Gasteiger partial charge in [0.25, 0.3) is 0 Å². The van der Waals surface area contributed by atoms with Crippen molar-refractivity contribution in [3.8, 4) is 0 Å². The third-order valence-corrected chi connectivity index (χ3v) is 2.67. The van der Waals surface area contributed by atoms with Gasteiger partial charge in [-0.25, -0.2) is 0 Å². The predicted octanol–water partition coefficient (Wildman–Crippen LogP) is 1.94. The molecule has 0 saturated carbocycles. The number of hydrogen-bond acceptors (Lipinski definition) is 2. The van der Waals surface area contributed by atoms with Crippen LogP contribution in [0.2, 0.25) is 0 Å². The van der Waals surface area contributed by atoms with Crippen molar-refractivity contribution in [3.05, 3.63) is 35.9 Å². The number of rotatable bonds is 5. The van der Waals surface area contributed by atoms with Crippen LogP contribution in [0.25, 0.3) is 0 Å². The van der Waals surface area contributed by atoms with E-state index in [9.17, 15) is 4.79 Å². The van der Waals surface area contributed by atoms with Gasteiger partial charge >= 0.3 is 0 Å². The highest BCUT2D eigenvalue weighted by Crippen LogP contribution is 2.12. The summed E-state index contributed by atoms with van der Waals surface area (Å²) in [4.78, 5) is 11.5. The van der Waals surface area contributed by atoms with Crippen LogP contribution >= 0.6 is 0 Å². The first-order chi connectivity index (χ1) is 7.65. The molecule has 0 aliphatic carbocycles. The zero-order valence-corrected chi connectivity index (χ0v) is 10.1. The van der Waals surface area contributed by atoms with Crippen LogP contribution in [0.4, 0.5) is 0 Å². The van der Waals surface area contributed by atoms with Crippen LogP contribution in [-0.4, -0.2) is 25.7 Å². The van der Waals surface area contributed by atoms with Gasteiger partial charge < -0.3 is 10.1 Å². The summed E-state index contributed by atoms with van der Waals surface area (Å²) >= 11 is 0. The van der Waals surface area contributed by atoms with E-state index in [2.05, 4.69) is 24.4 Å². The van der Waals surface area contributed by atoms with E-state index in [1.54, 1.807) is 6.92 Å². The molecule has 1 aromatic carbocycles. The van der Waals surface area contributed by atoms with Crippen LogP contribution < -0.4 is 5.32 Å². The summed E-state index contributed by atoms with van der Waals surface area (Å²) in [5, 5.41) is 2.87. The smallest absolute Gasteiger partial charge is 0.248 e. The highest BCUT2D eigenvalue weighted by Gasteiger charge is 2.12. The fourth-order valence-corrected chi connectivity index (χ4v) is 1.40. The molecule has 0 radical (unpaired) electrons. The predicted molar refractivity (Wildman–Crippen MR) is 64.3 cm³/mol. The molecule has 1 amide bonds. The Morgan fingerprint density at radius 2 is 1.94 bits per heavy atom. The Labute approximate surface area is 96.8 Å². The van der Waals surface area contributed by atoms with E-state index in [1.165, 1.54) is 12.7 Å². The second-order valence-electron chi connectivity index (χ2n) is 3.93. The fraction of sp³-hybridized carbons (Fsp3) is 0.462. The summed E-state index contributed by atoms with van der Waals surface area (Å²) in [7, 11) is 1.53. The van der Waals surface area contributed by atoms with E-state index in [-0.39, 0.29) is 12.0 Å². The summed E-state index contributed by atoms with van der Waals surface area (Å²) < 4.78 is 4.94. The molecule has 0 unspecified atom stereocenters. The maximum absolute atomic E-state index is 11.5. The van der Waals surface area contributed by atoms with Crippen molar-refractivity contribution in [1.82, 2.24) is 5.32 Å². The topological polar surface area (TPSA) is 38.3 Å². The Bertz CT molecular complexity index is 324. The van der Waals surface area contributed by atoms with E-state index in [1.807, 2.05) is 18.2 Å². The lowest BCUT2D eigenvalue weighted by Crippen LogP contribution is -2.35. The van der Waals surface area contributed by atoms with E-state index in [0.29, 0.717) is 12.5 Å². The molecule has 1 N–H and O–H groups in total. The molecule has 88 valence electrons. The molecule has 1 rings (SSSR count). The number of benzene rings is 1. The molecule has 1 aromatic rings. The molecule has 0 saturated heterocycles. The summed E-state index contributed by atoms with van der Waals surface area (Å²) in [6.45, 7) is 4.46. The molecule has 0 fully saturated rings. The molecule has 3 nitrogen and oxygen atoms in total. The van der Waals surface area contributed by atoms with Gasteiger partial charge in [-0.05, 0) is 18.4 Å². The molecule has 16 heavy (non-hydrogen) atoms. The van der Waals surface area contributed by atoms with Crippen molar-refractivity contribution < 1.29 is 9.53 Å². The van der Waals surface area contributed by atoms with Gasteiger partial charge in [-0.1, -0.05) is 37.3 Å². The second kappa shape index (κ2) is 6.28. The number of methoxy groups -OCH3 is 1. The lowest BCUT2D eigenvalue weighted by atomic mass is 10.0. The van der Waals surface area contributed by atoms with Gasteiger partial charge in [0.15, 0.2) is 0 Å². The fourth-order valence-electron chi connectivity index (χ4n) is 1.40. The average Bonchev–Trinajstić information content (AvgIpc) is 2.35. The van der Waals surface area contributed by atoms with Crippen LogP contribution in [-0.2, 0) is 9.53 Å². The zero-order chi connectivity index (χ0) is 12.0. The van der Waals surface area contributed by atoms with Crippen LogP contribution in [0.1, 0.15) is 25.3 Å². The third-order valence-electron chi connectivity index (χ3n) is 2.67. The monoisotopic (exact) mass is 221 g/mol. The minimum absolute atomic E-state index is 0.0646. The Morgan fingerprint density at radius 3 is 2.50 bits per heavy atom. The molecule has 0 bridgehead atoms. The maximum Gasteiger partial charge on any atom is 0.248 e. The summed E-state index contributed by atoms with van der Waals surface area (Å²) in [5.41, 5.74) is 1.23. The van der Waals surface area contributed by atoms with Gasteiger partial charge in [0, 0.05) is 13.7 Å². The van der Waals surface area contributed by atoms with Crippen molar-refractivity contribution in [3.63, 3.8) is 0 Å². The molecule has 0 heterocycles. The maximum atomic E-state index is 11.5. The minimum Gasteiger partial charge on any atom is -0.372 e. The van der Waals surface area contributed by atoms with E-state index in [4.69, 9.17) is 4.74 Å². The third kappa shape index (κ3) is 3.66. The van der Waals surface area contributed by atoms with Crippen LogP contribution in [0.5, 0.6) is 0 Å². The second-order valence-corrected chi connectivity index (χ2v) is 3.93. The van der Waals surface area contributed by atoms with Gasteiger partial charge in [-0.15, -0.1) is 0 Å². The van der Waals surface area contributed by atoms with Gasteiger partial charge in [-0.3, -0.25) is 4.79 Å². The summed E-state index contributed by atoms with van der Waals surface area (Å²) in [6.07, 6.45) is -0.386. The highest BCUT2D eigenvalue weighted by atomic mass is 16.5. The first kappa shape index (κ1) is 12.7. The molecule has 0 aromatic heterocycles. The number of carbonyl (C=O) groups excluding carboxylic acids is 1. The Morgan fingerprint density at radius 1 is 1.31 bits per heavy atom. The summed E-state index contributed by atoms with van der Waals surface area (Å²) in [6, 6.07) is 10.1. The molecule has 0 aliphatic heterocycles. The number of carbonyl (C=O) groups is 1. The Kier molecular flexibility index (Phi) is 4.99. The number of ether oxygens (including phenoxy) is 1.